The number of hydrogen-bond donors (Lipinski definition) is 0. The highest BCUT2D eigenvalue weighted by Crippen LogP contribution is 2.32. The molecule has 114 valence electrons. The minimum Gasteiger partial charge on any atom is -0.465 e. The third-order valence-electron chi connectivity index (χ3n) is 3.83. The Balaban J connectivity index is 2.38. The summed E-state index contributed by atoms with van der Waals surface area (Å²) in [5.74, 6) is -1.17. The van der Waals surface area contributed by atoms with E-state index in [1.165, 1.54) is 12.1 Å². The number of ether oxygens (including phenoxy) is 2. The quantitative estimate of drug-likeness (QED) is 0.631. The average Bonchev–Trinajstić information content (AvgIpc) is 2.45. The van der Waals surface area contributed by atoms with Crippen LogP contribution in [0.1, 0.15) is 24.5 Å². The van der Waals surface area contributed by atoms with Crippen LogP contribution in [0.25, 0.3) is 0 Å². The molecule has 5 heteroatoms. The lowest BCUT2D eigenvalue weighted by Gasteiger charge is -2.33. The van der Waals surface area contributed by atoms with Gasteiger partial charge in [-0.3, -0.25) is 9.59 Å². The Morgan fingerprint density at radius 2 is 2.24 bits per heavy atom. The molecule has 0 bridgehead atoms. The van der Waals surface area contributed by atoms with Crippen LogP contribution in [0.3, 0.4) is 0 Å². The van der Waals surface area contributed by atoms with E-state index in [9.17, 15) is 14.0 Å². The lowest BCUT2D eigenvalue weighted by Crippen LogP contribution is -2.49. The fraction of sp³-hybridized carbons (Fsp3) is 0.500. The van der Waals surface area contributed by atoms with E-state index in [0.717, 1.165) is 5.56 Å². The fourth-order valence-corrected chi connectivity index (χ4v) is 2.55. The van der Waals surface area contributed by atoms with Gasteiger partial charge in [0.1, 0.15) is 5.82 Å². The van der Waals surface area contributed by atoms with Crippen LogP contribution in [0.15, 0.2) is 18.2 Å². The van der Waals surface area contributed by atoms with Crippen LogP contribution < -0.4 is 0 Å². The van der Waals surface area contributed by atoms with E-state index in [1.807, 2.05) is 6.92 Å². The smallest absolute Gasteiger partial charge is 0.322 e. The molecular formula is C16H19FO4. The predicted molar refractivity (Wildman–Crippen MR) is 74.4 cm³/mol. The van der Waals surface area contributed by atoms with Crippen molar-refractivity contribution >= 4 is 11.8 Å². The van der Waals surface area contributed by atoms with Gasteiger partial charge in [0.05, 0.1) is 19.8 Å². The maximum absolute atomic E-state index is 13.4. The molecule has 0 N–H and O–H groups in total. The third kappa shape index (κ3) is 3.13. The van der Waals surface area contributed by atoms with E-state index >= 15 is 0 Å². The zero-order valence-corrected chi connectivity index (χ0v) is 12.3. The minimum atomic E-state index is -1.35. The molecule has 1 aliphatic heterocycles. The standard InChI is InChI=1S/C16H19FO4/c1-3-21-15(19)16(10-20-7-6-14(16)18)9-12-8-13(17)5-4-11(12)2/h4-5,8H,3,6-7,9-10H2,1-2H3. The third-order valence-corrected chi connectivity index (χ3v) is 3.83. The molecule has 1 saturated heterocycles. The fourth-order valence-electron chi connectivity index (χ4n) is 2.55. The predicted octanol–water partition coefficient (Wildman–Crippen LogP) is 2.22. The molecule has 0 radical (unpaired) electrons. The molecular weight excluding hydrogens is 275 g/mol. The number of carbonyl (C=O) groups excluding carboxylic acids is 2. The van der Waals surface area contributed by atoms with Crippen molar-refractivity contribution in [3.8, 4) is 0 Å². The van der Waals surface area contributed by atoms with Gasteiger partial charge < -0.3 is 9.47 Å². The SMILES string of the molecule is CCOC(=O)C1(Cc2cc(F)ccc2C)COCCC1=O. The lowest BCUT2D eigenvalue weighted by molar-refractivity contribution is -0.169. The maximum Gasteiger partial charge on any atom is 0.322 e. The van der Waals surface area contributed by atoms with E-state index < -0.39 is 17.2 Å². The molecule has 0 aromatic heterocycles. The van der Waals surface area contributed by atoms with Gasteiger partial charge in [-0.05, 0) is 43.5 Å². The number of hydrogen-bond acceptors (Lipinski definition) is 4. The maximum atomic E-state index is 13.4. The van der Waals surface area contributed by atoms with Crippen molar-refractivity contribution in [3.63, 3.8) is 0 Å². The van der Waals surface area contributed by atoms with Crippen molar-refractivity contribution in [2.75, 3.05) is 19.8 Å². The van der Waals surface area contributed by atoms with Crippen LogP contribution in [-0.4, -0.2) is 31.6 Å². The first kappa shape index (κ1) is 15.6. The van der Waals surface area contributed by atoms with Crippen molar-refractivity contribution in [1.29, 1.82) is 0 Å². The first-order valence-corrected chi connectivity index (χ1v) is 7.03. The number of rotatable bonds is 4. The van der Waals surface area contributed by atoms with Gasteiger partial charge >= 0.3 is 5.97 Å². The minimum absolute atomic E-state index is 0.0133. The highest BCUT2D eigenvalue weighted by Gasteiger charge is 2.49. The van der Waals surface area contributed by atoms with E-state index in [-0.39, 0.29) is 31.8 Å². The highest BCUT2D eigenvalue weighted by molar-refractivity contribution is 6.04. The summed E-state index contributed by atoms with van der Waals surface area (Å²) in [5, 5.41) is 0. The number of aryl methyl sites for hydroxylation is 1. The molecule has 0 amide bonds. The van der Waals surface area contributed by atoms with Crippen molar-refractivity contribution in [2.24, 2.45) is 5.41 Å². The van der Waals surface area contributed by atoms with Crippen LogP contribution >= 0.6 is 0 Å². The monoisotopic (exact) mass is 294 g/mol. The Labute approximate surface area is 123 Å². The zero-order valence-electron chi connectivity index (χ0n) is 12.3. The second-order valence-corrected chi connectivity index (χ2v) is 5.28. The van der Waals surface area contributed by atoms with Crippen LogP contribution in [0, 0.1) is 18.2 Å². The van der Waals surface area contributed by atoms with Crippen LogP contribution in [0.4, 0.5) is 4.39 Å². The van der Waals surface area contributed by atoms with Crippen molar-refractivity contribution < 1.29 is 23.5 Å². The topological polar surface area (TPSA) is 52.6 Å². The van der Waals surface area contributed by atoms with Gasteiger partial charge in [-0.1, -0.05) is 6.07 Å². The summed E-state index contributed by atoms with van der Waals surface area (Å²) < 4.78 is 23.9. The van der Waals surface area contributed by atoms with Gasteiger partial charge in [0.15, 0.2) is 11.2 Å². The van der Waals surface area contributed by atoms with Crippen molar-refractivity contribution in [2.45, 2.75) is 26.7 Å². The van der Waals surface area contributed by atoms with Crippen molar-refractivity contribution in [3.05, 3.63) is 35.1 Å². The van der Waals surface area contributed by atoms with E-state index in [4.69, 9.17) is 9.47 Å². The average molecular weight is 294 g/mol. The Hall–Kier alpha value is -1.75. The Bertz CT molecular complexity index is 555. The van der Waals surface area contributed by atoms with Gasteiger partial charge in [-0.2, -0.15) is 0 Å². The Morgan fingerprint density at radius 1 is 1.48 bits per heavy atom. The number of benzene rings is 1. The van der Waals surface area contributed by atoms with E-state index in [2.05, 4.69) is 0 Å². The summed E-state index contributed by atoms with van der Waals surface area (Å²) in [4.78, 5) is 24.7. The van der Waals surface area contributed by atoms with Crippen LogP contribution in [0.5, 0.6) is 0 Å². The summed E-state index contributed by atoms with van der Waals surface area (Å²) >= 11 is 0. The molecule has 1 aromatic rings. The molecule has 1 unspecified atom stereocenters. The lowest BCUT2D eigenvalue weighted by atomic mass is 9.75. The molecule has 2 rings (SSSR count). The Kier molecular flexibility index (Phi) is 4.73. The first-order valence-electron chi connectivity index (χ1n) is 7.03. The van der Waals surface area contributed by atoms with Gasteiger partial charge in [0, 0.05) is 6.42 Å². The zero-order chi connectivity index (χ0) is 15.5. The summed E-state index contributed by atoms with van der Waals surface area (Å²) in [6, 6.07) is 4.35. The van der Waals surface area contributed by atoms with Gasteiger partial charge in [-0.25, -0.2) is 4.39 Å². The summed E-state index contributed by atoms with van der Waals surface area (Å²) in [6.07, 6.45) is 0.279. The molecule has 1 heterocycles. The number of carbonyl (C=O) groups is 2. The number of ketones is 1. The molecule has 21 heavy (non-hydrogen) atoms. The van der Waals surface area contributed by atoms with Gasteiger partial charge in [0.25, 0.3) is 0 Å². The summed E-state index contributed by atoms with van der Waals surface area (Å²) in [7, 11) is 0. The summed E-state index contributed by atoms with van der Waals surface area (Å²) in [5.41, 5.74) is 0.104. The van der Waals surface area contributed by atoms with E-state index in [0.29, 0.717) is 12.2 Å². The highest BCUT2D eigenvalue weighted by atomic mass is 19.1. The number of esters is 1. The molecule has 1 aromatic carbocycles. The van der Waals surface area contributed by atoms with Crippen LogP contribution in [-0.2, 0) is 25.5 Å². The van der Waals surface area contributed by atoms with Crippen molar-refractivity contribution in [1.82, 2.24) is 0 Å². The molecule has 0 spiro atoms. The second kappa shape index (κ2) is 6.35. The second-order valence-electron chi connectivity index (χ2n) is 5.28. The van der Waals surface area contributed by atoms with E-state index in [1.54, 1.807) is 13.0 Å². The molecule has 0 aliphatic carbocycles. The Morgan fingerprint density at radius 3 is 2.90 bits per heavy atom. The molecule has 1 aliphatic rings. The molecule has 0 saturated carbocycles. The molecule has 1 fully saturated rings. The normalized spacial score (nSPS) is 22.1. The van der Waals surface area contributed by atoms with Gasteiger partial charge in [0.2, 0.25) is 0 Å². The largest absolute Gasteiger partial charge is 0.465 e. The summed E-state index contributed by atoms with van der Waals surface area (Å²) in [6.45, 7) is 3.99. The number of Topliss-reactive ketones (excluding diaryl/α,β-unsaturated/α-hetero) is 1. The first-order chi connectivity index (χ1) is 9.99. The van der Waals surface area contributed by atoms with Gasteiger partial charge in [-0.15, -0.1) is 0 Å². The number of halogens is 1. The van der Waals surface area contributed by atoms with Crippen LogP contribution in [0.2, 0.25) is 0 Å². The molecule has 1 atom stereocenters. The molecule has 4 nitrogen and oxygen atoms in total.